The molecule has 0 aliphatic carbocycles. The van der Waals surface area contributed by atoms with Crippen LogP contribution in [0.15, 0.2) is 24.3 Å². The predicted molar refractivity (Wildman–Crippen MR) is 50.1 cm³/mol. The Bertz CT molecular complexity index is 318. The maximum absolute atomic E-state index is 9.93. The third kappa shape index (κ3) is 1.26. The monoisotopic (exact) mass is 178 g/mol. The molecule has 2 nitrogen and oxygen atoms in total. The van der Waals surface area contributed by atoms with Gasteiger partial charge in [0.05, 0.1) is 6.10 Å². The van der Waals surface area contributed by atoms with Crippen molar-refractivity contribution in [3.05, 3.63) is 35.4 Å². The summed E-state index contributed by atoms with van der Waals surface area (Å²) in [6.07, 6.45) is 0.943. The molecule has 0 radical (unpaired) electrons. The van der Waals surface area contributed by atoms with Crippen LogP contribution in [0.25, 0.3) is 0 Å². The molecule has 1 N–H and O–H groups in total. The zero-order chi connectivity index (χ0) is 9.47. The van der Waals surface area contributed by atoms with E-state index in [1.807, 2.05) is 24.3 Å². The van der Waals surface area contributed by atoms with Gasteiger partial charge in [-0.3, -0.25) is 0 Å². The first-order valence-electron chi connectivity index (χ1n) is 4.64. The summed E-state index contributed by atoms with van der Waals surface area (Å²) in [5.41, 5.74) is 2.02. The second kappa shape index (κ2) is 2.82. The topological polar surface area (TPSA) is 29.5 Å². The highest BCUT2D eigenvalue weighted by molar-refractivity contribution is 5.35. The predicted octanol–water partition coefficient (Wildman–Crippen LogP) is 2.33. The molecule has 1 aromatic rings. The van der Waals surface area contributed by atoms with Gasteiger partial charge in [-0.25, -0.2) is 0 Å². The molecule has 0 amide bonds. The lowest BCUT2D eigenvalue weighted by molar-refractivity contribution is -0.210. The summed E-state index contributed by atoms with van der Waals surface area (Å²) in [5, 5.41) is 9.93. The number of ether oxygens (including phenoxy) is 1. The van der Waals surface area contributed by atoms with Crippen molar-refractivity contribution in [2.45, 2.75) is 32.2 Å². The minimum atomic E-state index is -1.10. The number of fused-ring (bicyclic) bond motifs is 1. The van der Waals surface area contributed by atoms with E-state index in [2.05, 4.69) is 6.92 Å². The minimum Gasteiger partial charge on any atom is -0.362 e. The van der Waals surface area contributed by atoms with Gasteiger partial charge in [-0.2, -0.15) is 0 Å². The SMILES string of the molecule is CC[C@H]1O[C@@](C)(O)c2ccccc21. The highest BCUT2D eigenvalue weighted by atomic mass is 16.6. The zero-order valence-electron chi connectivity index (χ0n) is 7.95. The van der Waals surface area contributed by atoms with E-state index in [4.69, 9.17) is 4.74 Å². The molecule has 0 fully saturated rings. The molecule has 2 heteroatoms. The smallest absolute Gasteiger partial charge is 0.190 e. The van der Waals surface area contributed by atoms with E-state index in [1.165, 1.54) is 0 Å². The molecule has 1 aromatic carbocycles. The highest BCUT2D eigenvalue weighted by Crippen LogP contribution is 2.42. The fourth-order valence-corrected chi connectivity index (χ4v) is 1.91. The lowest BCUT2D eigenvalue weighted by atomic mass is 10.00. The Morgan fingerprint density at radius 3 is 2.85 bits per heavy atom. The van der Waals surface area contributed by atoms with Crippen LogP contribution in [0.5, 0.6) is 0 Å². The average Bonchev–Trinajstić information content (AvgIpc) is 2.39. The number of hydrogen-bond acceptors (Lipinski definition) is 2. The number of hydrogen-bond donors (Lipinski definition) is 1. The molecule has 70 valence electrons. The summed E-state index contributed by atoms with van der Waals surface area (Å²) >= 11 is 0. The van der Waals surface area contributed by atoms with E-state index in [0.29, 0.717) is 0 Å². The molecule has 2 atom stereocenters. The first-order chi connectivity index (χ1) is 6.15. The number of aliphatic hydroxyl groups is 1. The fraction of sp³-hybridized carbons (Fsp3) is 0.455. The van der Waals surface area contributed by atoms with E-state index < -0.39 is 5.79 Å². The van der Waals surface area contributed by atoms with Crippen LogP contribution in [0.2, 0.25) is 0 Å². The van der Waals surface area contributed by atoms with E-state index in [-0.39, 0.29) is 6.10 Å². The van der Waals surface area contributed by atoms with Gasteiger partial charge in [0.15, 0.2) is 5.79 Å². The number of rotatable bonds is 1. The largest absolute Gasteiger partial charge is 0.362 e. The Balaban J connectivity index is 2.51. The Kier molecular flexibility index (Phi) is 1.90. The Morgan fingerprint density at radius 1 is 1.46 bits per heavy atom. The van der Waals surface area contributed by atoms with Crippen molar-refractivity contribution in [2.24, 2.45) is 0 Å². The summed E-state index contributed by atoms with van der Waals surface area (Å²) in [4.78, 5) is 0. The molecule has 0 bridgehead atoms. The maximum Gasteiger partial charge on any atom is 0.190 e. The van der Waals surface area contributed by atoms with Gasteiger partial charge in [0, 0.05) is 5.56 Å². The molecular formula is C11H14O2. The van der Waals surface area contributed by atoms with Crippen LogP contribution in [0.4, 0.5) is 0 Å². The molecule has 13 heavy (non-hydrogen) atoms. The van der Waals surface area contributed by atoms with Crippen LogP contribution in [-0.2, 0) is 10.5 Å². The van der Waals surface area contributed by atoms with Crippen molar-refractivity contribution < 1.29 is 9.84 Å². The van der Waals surface area contributed by atoms with Gasteiger partial charge in [-0.15, -0.1) is 0 Å². The highest BCUT2D eigenvalue weighted by Gasteiger charge is 2.38. The van der Waals surface area contributed by atoms with E-state index in [0.717, 1.165) is 17.5 Å². The van der Waals surface area contributed by atoms with Gasteiger partial charge in [0.1, 0.15) is 0 Å². The molecule has 1 aliphatic heterocycles. The first kappa shape index (κ1) is 8.73. The Labute approximate surface area is 78.2 Å². The van der Waals surface area contributed by atoms with Crippen molar-refractivity contribution in [3.8, 4) is 0 Å². The van der Waals surface area contributed by atoms with Crippen LogP contribution >= 0.6 is 0 Å². The van der Waals surface area contributed by atoms with Crippen molar-refractivity contribution >= 4 is 0 Å². The average molecular weight is 178 g/mol. The van der Waals surface area contributed by atoms with Gasteiger partial charge >= 0.3 is 0 Å². The summed E-state index contributed by atoms with van der Waals surface area (Å²) in [6.45, 7) is 3.75. The van der Waals surface area contributed by atoms with Gasteiger partial charge in [-0.1, -0.05) is 31.2 Å². The van der Waals surface area contributed by atoms with Crippen molar-refractivity contribution in [3.63, 3.8) is 0 Å². The van der Waals surface area contributed by atoms with E-state index in [1.54, 1.807) is 6.92 Å². The summed E-state index contributed by atoms with van der Waals surface area (Å²) < 4.78 is 5.52. The third-order valence-electron chi connectivity index (χ3n) is 2.55. The molecule has 0 saturated heterocycles. The molecule has 0 aromatic heterocycles. The molecule has 0 spiro atoms. The van der Waals surface area contributed by atoms with Crippen molar-refractivity contribution in [1.29, 1.82) is 0 Å². The Hall–Kier alpha value is -0.860. The molecule has 0 unspecified atom stereocenters. The van der Waals surface area contributed by atoms with Gasteiger partial charge < -0.3 is 9.84 Å². The lowest BCUT2D eigenvalue weighted by Gasteiger charge is -2.18. The van der Waals surface area contributed by atoms with Crippen LogP contribution in [0.1, 0.15) is 37.5 Å². The number of benzene rings is 1. The van der Waals surface area contributed by atoms with Gasteiger partial charge in [0.2, 0.25) is 0 Å². The molecule has 1 aliphatic rings. The summed E-state index contributed by atoms with van der Waals surface area (Å²) in [6, 6.07) is 7.84. The first-order valence-corrected chi connectivity index (χ1v) is 4.64. The van der Waals surface area contributed by atoms with Crippen LogP contribution < -0.4 is 0 Å². The third-order valence-corrected chi connectivity index (χ3v) is 2.55. The van der Waals surface area contributed by atoms with Crippen LogP contribution in [-0.4, -0.2) is 5.11 Å². The molecule has 2 rings (SSSR count). The zero-order valence-corrected chi connectivity index (χ0v) is 7.95. The van der Waals surface area contributed by atoms with Crippen LogP contribution in [0.3, 0.4) is 0 Å². The van der Waals surface area contributed by atoms with E-state index in [9.17, 15) is 5.11 Å². The second-order valence-corrected chi connectivity index (χ2v) is 3.58. The quantitative estimate of drug-likeness (QED) is 0.715. The summed E-state index contributed by atoms with van der Waals surface area (Å²) in [5.74, 6) is -1.10. The van der Waals surface area contributed by atoms with Gasteiger partial charge in [0.25, 0.3) is 0 Å². The van der Waals surface area contributed by atoms with E-state index >= 15 is 0 Å². The molecule has 0 saturated carbocycles. The molecule has 1 heterocycles. The standard InChI is InChI=1S/C11H14O2/c1-3-10-8-6-4-5-7-9(8)11(2,12)13-10/h4-7,10,12H,3H2,1-2H3/t10-,11-/m1/s1. The second-order valence-electron chi connectivity index (χ2n) is 3.58. The van der Waals surface area contributed by atoms with Crippen LogP contribution in [0, 0.1) is 0 Å². The maximum atomic E-state index is 9.93. The normalized spacial score (nSPS) is 31.8. The lowest BCUT2D eigenvalue weighted by Crippen LogP contribution is -2.19. The fourth-order valence-electron chi connectivity index (χ4n) is 1.91. The van der Waals surface area contributed by atoms with Crippen molar-refractivity contribution in [2.75, 3.05) is 0 Å². The Morgan fingerprint density at radius 2 is 2.15 bits per heavy atom. The van der Waals surface area contributed by atoms with Crippen molar-refractivity contribution in [1.82, 2.24) is 0 Å². The minimum absolute atomic E-state index is 0.0474. The molecular weight excluding hydrogens is 164 g/mol. The van der Waals surface area contributed by atoms with Gasteiger partial charge in [-0.05, 0) is 18.9 Å². The summed E-state index contributed by atoms with van der Waals surface area (Å²) in [7, 11) is 0.